The molecule has 0 amide bonds. The smallest absolute Gasteiger partial charge is 0.0136 e. The Bertz CT molecular complexity index is 1070. The number of hydrogen-bond acceptors (Lipinski definition) is 0. The van der Waals surface area contributed by atoms with Crippen LogP contribution in [0.2, 0.25) is 0 Å². The number of halogens is 1. The van der Waals surface area contributed by atoms with Crippen LogP contribution in [0.3, 0.4) is 0 Å². The fourth-order valence-corrected chi connectivity index (χ4v) is 4.16. The molecule has 128 valence electrons. The fraction of sp³-hybridized carbons (Fsp3) is 0.120. The number of benzene rings is 3. The highest BCUT2D eigenvalue weighted by atomic mass is 127. The third-order valence-electron chi connectivity index (χ3n) is 5.19. The van der Waals surface area contributed by atoms with E-state index >= 15 is 0 Å². The van der Waals surface area contributed by atoms with Gasteiger partial charge in [-0.2, -0.15) is 0 Å². The van der Waals surface area contributed by atoms with Crippen molar-refractivity contribution < 1.29 is 0 Å². The van der Waals surface area contributed by atoms with E-state index in [2.05, 4.69) is 121 Å². The number of allylic oxidation sites excluding steroid dienone is 5. The molecule has 0 radical (unpaired) electrons. The van der Waals surface area contributed by atoms with Crippen LogP contribution in [0.4, 0.5) is 0 Å². The van der Waals surface area contributed by atoms with Gasteiger partial charge in [-0.1, -0.05) is 73.7 Å². The molecule has 1 heteroatoms. The lowest BCUT2D eigenvalue weighted by Gasteiger charge is -2.21. The fourth-order valence-electron chi connectivity index (χ4n) is 3.65. The van der Waals surface area contributed by atoms with Crippen LogP contribution in [0.15, 0.2) is 84.5 Å². The molecule has 0 aromatic heterocycles. The first-order valence-corrected chi connectivity index (χ1v) is 10.1. The molecule has 0 bridgehead atoms. The van der Waals surface area contributed by atoms with Crippen LogP contribution >= 0.6 is 22.6 Å². The van der Waals surface area contributed by atoms with Crippen molar-refractivity contribution in [3.05, 3.63) is 105 Å². The van der Waals surface area contributed by atoms with Crippen LogP contribution in [-0.4, -0.2) is 0 Å². The molecule has 26 heavy (non-hydrogen) atoms. The van der Waals surface area contributed by atoms with Crippen molar-refractivity contribution in [1.29, 1.82) is 0 Å². The molecular weight excluding hydrogens is 427 g/mol. The highest BCUT2D eigenvalue weighted by Gasteiger charge is 2.16. The summed E-state index contributed by atoms with van der Waals surface area (Å²) in [5.74, 6) is 0.410. The van der Waals surface area contributed by atoms with Gasteiger partial charge < -0.3 is 0 Å². The van der Waals surface area contributed by atoms with Crippen LogP contribution in [0.25, 0.3) is 22.4 Å². The minimum Gasteiger partial charge on any atom is -0.0798 e. The third kappa shape index (κ3) is 3.28. The van der Waals surface area contributed by atoms with Crippen molar-refractivity contribution >= 4 is 45.0 Å². The number of fused-ring (bicyclic) bond motifs is 2. The van der Waals surface area contributed by atoms with E-state index in [1.165, 1.54) is 42.2 Å². The SMILES string of the molecule is C/C=C(\C=C1\C=Cc2ccccc2C1C)c1ccc2cc(I)ccc2c1. The van der Waals surface area contributed by atoms with E-state index in [1.54, 1.807) is 0 Å². The zero-order chi connectivity index (χ0) is 18.1. The van der Waals surface area contributed by atoms with E-state index in [1.807, 2.05) is 0 Å². The zero-order valence-corrected chi connectivity index (χ0v) is 17.2. The van der Waals surface area contributed by atoms with Gasteiger partial charge in [-0.05, 0) is 86.3 Å². The summed E-state index contributed by atoms with van der Waals surface area (Å²) >= 11 is 2.37. The molecule has 1 aliphatic rings. The molecule has 1 unspecified atom stereocenters. The van der Waals surface area contributed by atoms with Gasteiger partial charge in [0.2, 0.25) is 0 Å². The minimum absolute atomic E-state index is 0.410. The second kappa shape index (κ2) is 7.24. The predicted octanol–water partition coefficient (Wildman–Crippen LogP) is 7.60. The summed E-state index contributed by atoms with van der Waals surface area (Å²) in [5.41, 5.74) is 6.65. The molecule has 0 saturated carbocycles. The Labute approximate surface area is 169 Å². The summed E-state index contributed by atoms with van der Waals surface area (Å²) in [6.45, 7) is 4.42. The molecule has 1 atom stereocenters. The van der Waals surface area contributed by atoms with Gasteiger partial charge in [-0.15, -0.1) is 0 Å². The molecule has 0 fully saturated rings. The Kier molecular flexibility index (Phi) is 4.82. The lowest BCUT2D eigenvalue weighted by molar-refractivity contribution is 0.911. The first-order chi connectivity index (χ1) is 12.7. The van der Waals surface area contributed by atoms with Gasteiger partial charge >= 0.3 is 0 Å². The Morgan fingerprint density at radius 3 is 2.54 bits per heavy atom. The highest BCUT2D eigenvalue weighted by molar-refractivity contribution is 14.1. The van der Waals surface area contributed by atoms with Gasteiger partial charge in [0.1, 0.15) is 0 Å². The number of rotatable bonds is 2. The third-order valence-corrected chi connectivity index (χ3v) is 5.86. The van der Waals surface area contributed by atoms with E-state index in [0.717, 1.165) is 0 Å². The summed E-state index contributed by atoms with van der Waals surface area (Å²) in [4.78, 5) is 0. The monoisotopic (exact) mass is 448 g/mol. The van der Waals surface area contributed by atoms with Gasteiger partial charge in [-0.3, -0.25) is 0 Å². The van der Waals surface area contributed by atoms with Crippen molar-refractivity contribution in [3.8, 4) is 0 Å². The van der Waals surface area contributed by atoms with Crippen LogP contribution in [0, 0.1) is 3.57 Å². The molecule has 3 aromatic rings. The lowest BCUT2D eigenvalue weighted by Crippen LogP contribution is -2.03. The maximum Gasteiger partial charge on any atom is 0.0136 e. The molecular formula is C25H21I. The molecule has 4 rings (SSSR count). The topological polar surface area (TPSA) is 0 Å². The molecule has 3 aromatic carbocycles. The van der Waals surface area contributed by atoms with E-state index in [-0.39, 0.29) is 0 Å². The van der Waals surface area contributed by atoms with Crippen molar-refractivity contribution in [2.45, 2.75) is 19.8 Å². The summed E-state index contributed by atoms with van der Waals surface area (Å²) in [7, 11) is 0. The van der Waals surface area contributed by atoms with Gasteiger partial charge in [0.25, 0.3) is 0 Å². The highest BCUT2D eigenvalue weighted by Crippen LogP contribution is 2.35. The Morgan fingerprint density at radius 2 is 1.69 bits per heavy atom. The van der Waals surface area contributed by atoms with Crippen molar-refractivity contribution in [1.82, 2.24) is 0 Å². The minimum atomic E-state index is 0.410. The normalized spacial score (nSPS) is 18.3. The van der Waals surface area contributed by atoms with Crippen LogP contribution in [-0.2, 0) is 0 Å². The molecule has 0 saturated heterocycles. The Morgan fingerprint density at radius 1 is 0.923 bits per heavy atom. The first kappa shape index (κ1) is 17.3. The van der Waals surface area contributed by atoms with Crippen LogP contribution in [0.1, 0.15) is 36.5 Å². The second-order valence-electron chi connectivity index (χ2n) is 6.78. The standard InChI is InChI=1S/C25H21I/c1-3-18(21-10-11-23-16-24(26)13-12-22(23)15-21)14-20-9-8-19-6-4-5-7-25(19)17(20)2/h3-17H,1-2H3/b18-3+,20-14-. The molecule has 1 aliphatic carbocycles. The quantitative estimate of drug-likeness (QED) is 0.354. The average Bonchev–Trinajstić information content (AvgIpc) is 2.67. The van der Waals surface area contributed by atoms with Crippen LogP contribution in [0.5, 0.6) is 0 Å². The molecule has 0 aliphatic heterocycles. The van der Waals surface area contributed by atoms with E-state index < -0.39 is 0 Å². The first-order valence-electron chi connectivity index (χ1n) is 9.00. The summed E-state index contributed by atoms with van der Waals surface area (Å²) < 4.78 is 1.27. The average molecular weight is 448 g/mol. The zero-order valence-electron chi connectivity index (χ0n) is 15.0. The van der Waals surface area contributed by atoms with E-state index in [9.17, 15) is 0 Å². The van der Waals surface area contributed by atoms with E-state index in [4.69, 9.17) is 0 Å². The van der Waals surface area contributed by atoms with Crippen molar-refractivity contribution in [2.24, 2.45) is 0 Å². The molecule has 0 spiro atoms. The molecule has 0 N–H and O–H groups in total. The lowest BCUT2D eigenvalue weighted by atomic mass is 9.83. The van der Waals surface area contributed by atoms with E-state index in [0.29, 0.717) is 5.92 Å². The largest absolute Gasteiger partial charge is 0.0798 e. The van der Waals surface area contributed by atoms with Crippen molar-refractivity contribution in [2.75, 3.05) is 0 Å². The van der Waals surface area contributed by atoms with Gasteiger partial charge in [0, 0.05) is 9.49 Å². The summed E-state index contributed by atoms with van der Waals surface area (Å²) in [5, 5.41) is 2.59. The maximum absolute atomic E-state index is 2.37. The van der Waals surface area contributed by atoms with Crippen LogP contribution < -0.4 is 0 Å². The van der Waals surface area contributed by atoms with Crippen molar-refractivity contribution in [3.63, 3.8) is 0 Å². The Balaban J connectivity index is 1.73. The summed E-state index contributed by atoms with van der Waals surface area (Å²) in [6, 6.07) is 22.0. The second-order valence-corrected chi connectivity index (χ2v) is 8.02. The maximum atomic E-state index is 2.37. The molecule has 0 heterocycles. The molecule has 0 nitrogen and oxygen atoms in total. The Hall–Kier alpha value is -2.13. The number of hydrogen-bond donors (Lipinski definition) is 0. The van der Waals surface area contributed by atoms with Gasteiger partial charge in [-0.25, -0.2) is 0 Å². The summed E-state index contributed by atoms with van der Waals surface area (Å²) in [6.07, 6.45) is 9.05. The van der Waals surface area contributed by atoms with Gasteiger partial charge in [0.05, 0.1) is 0 Å². The predicted molar refractivity (Wildman–Crippen MR) is 122 cm³/mol. The van der Waals surface area contributed by atoms with Gasteiger partial charge in [0.15, 0.2) is 0 Å².